The Bertz CT molecular complexity index is 334. The van der Waals surface area contributed by atoms with Crippen LogP contribution < -0.4 is 5.32 Å². The van der Waals surface area contributed by atoms with E-state index < -0.39 is 6.10 Å². The number of aromatic nitrogens is 1. The van der Waals surface area contributed by atoms with Crippen LogP contribution in [0, 0.1) is 6.92 Å². The second kappa shape index (κ2) is 8.99. The number of hydrogen-bond donors (Lipinski definition) is 2. The van der Waals surface area contributed by atoms with Crippen molar-refractivity contribution in [2.24, 2.45) is 0 Å². The molecule has 2 N–H and O–H groups in total. The summed E-state index contributed by atoms with van der Waals surface area (Å²) in [5.74, 6) is 0. The first-order valence-corrected chi connectivity index (χ1v) is 6.10. The summed E-state index contributed by atoms with van der Waals surface area (Å²) in [5.41, 5.74) is 2.15. The lowest BCUT2D eigenvalue weighted by molar-refractivity contribution is 0.0137. The lowest BCUT2D eigenvalue weighted by atomic mass is 10.2. The van der Waals surface area contributed by atoms with Crippen molar-refractivity contribution in [3.63, 3.8) is 0 Å². The molecule has 1 unspecified atom stereocenters. The van der Waals surface area contributed by atoms with Gasteiger partial charge in [-0.15, -0.1) is 0 Å². The maximum absolute atomic E-state index is 9.65. The monoisotopic (exact) mass is 254 g/mol. The number of aliphatic hydroxyl groups is 1. The fourth-order valence-corrected chi connectivity index (χ4v) is 1.48. The Morgan fingerprint density at radius 3 is 3.00 bits per heavy atom. The van der Waals surface area contributed by atoms with Gasteiger partial charge in [0.25, 0.3) is 0 Å². The van der Waals surface area contributed by atoms with E-state index in [1.807, 2.05) is 19.1 Å². The van der Waals surface area contributed by atoms with E-state index in [0.717, 1.165) is 11.3 Å². The fourth-order valence-electron chi connectivity index (χ4n) is 1.48. The van der Waals surface area contributed by atoms with Crippen molar-refractivity contribution in [3.05, 3.63) is 29.6 Å². The van der Waals surface area contributed by atoms with Gasteiger partial charge in [-0.3, -0.25) is 4.98 Å². The van der Waals surface area contributed by atoms with Gasteiger partial charge in [0.1, 0.15) is 0 Å². The summed E-state index contributed by atoms with van der Waals surface area (Å²) in [6, 6.07) is 3.94. The number of methoxy groups -OCH3 is 1. The zero-order valence-corrected chi connectivity index (χ0v) is 11.1. The first kappa shape index (κ1) is 15.0. The van der Waals surface area contributed by atoms with Crippen molar-refractivity contribution in [1.82, 2.24) is 10.3 Å². The second-order valence-corrected chi connectivity index (χ2v) is 4.12. The third-order valence-electron chi connectivity index (χ3n) is 2.53. The molecule has 1 aromatic rings. The molecule has 18 heavy (non-hydrogen) atoms. The molecule has 1 rings (SSSR count). The molecular formula is C13H22N2O3. The van der Waals surface area contributed by atoms with Gasteiger partial charge in [-0.05, 0) is 18.6 Å². The summed E-state index contributed by atoms with van der Waals surface area (Å²) in [4.78, 5) is 4.27. The topological polar surface area (TPSA) is 63.6 Å². The molecule has 5 nitrogen and oxygen atoms in total. The average Bonchev–Trinajstić information content (AvgIpc) is 2.37. The third-order valence-corrected chi connectivity index (χ3v) is 2.53. The van der Waals surface area contributed by atoms with Gasteiger partial charge in [0, 0.05) is 26.4 Å². The van der Waals surface area contributed by atoms with Crippen molar-refractivity contribution >= 4 is 0 Å². The van der Waals surface area contributed by atoms with E-state index in [2.05, 4.69) is 10.3 Å². The van der Waals surface area contributed by atoms with E-state index >= 15 is 0 Å². The molecule has 0 aliphatic rings. The van der Waals surface area contributed by atoms with E-state index in [-0.39, 0.29) is 0 Å². The van der Waals surface area contributed by atoms with Gasteiger partial charge in [0.2, 0.25) is 0 Å². The minimum Gasteiger partial charge on any atom is -0.389 e. The predicted molar refractivity (Wildman–Crippen MR) is 69.4 cm³/mol. The molecule has 0 aliphatic carbocycles. The molecule has 0 aromatic carbocycles. The second-order valence-electron chi connectivity index (χ2n) is 4.12. The normalized spacial score (nSPS) is 12.6. The lowest BCUT2D eigenvalue weighted by Gasteiger charge is -2.12. The molecule has 0 spiro atoms. The van der Waals surface area contributed by atoms with Gasteiger partial charge in [0.05, 0.1) is 31.6 Å². The smallest absolute Gasteiger partial charge is 0.0897 e. The summed E-state index contributed by atoms with van der Waals surface area (Å²) in [6.07, 6.45) is 1.26. The van der Waals surface area contributed by atoms with Gasteiger partial charge in [-0.25, -0.2) is 0 Å². The number of hydrogen-bond acceptors (Lipinski definition) is 5. The molecular weight excluding hydrogens is 232 g/mol. The molecule has 1 heterocycles. The van der Waals surface area contributed by atoms with Gasteiger partial charge in [-0.2, -0.15) is 0 Å². The Hall–Kier alpha value is -1.01. The largest absolute Gasteiger partial charge is 0.389 e. The molecule has 1 atom stereocenters. The van der Waals surface area contributed by atoms with Crippen LogP contribution in [0.3, 0.4) is 0 Å². The number of ether oxygens (including phenoxy) is 2. The lowest BCUT2D eigenvalue weighted by Crippen LogP contribution is -2.30. The molecule has 0 amide bonds. The van der Waals surface area contributed by atoms with E-state index in [0.29, 0.717) is 32.9 Å². The molecule has 5 heteroatoms. The Labute approximate surface area is 108 Å². The quantitative estimate of drug-likeness (QED) is 0.628. The Morgan fingerprint density at radius 2 is 2.28 bits per heavy atom. The highest BCUT2D eigenvalue weighted by Gasteiger charge is 2.04. The number of pyridine rings is 1. The first-order chi connectivity index (χ1) is 8.74. The highest BCUT2D eigenvalue weighted by molar-refractivity contribution is 5.17. The molecule has 0 saturated carbocycles. The number of aryl methyl sites for hydroxylation is 1. The van der Waals surface area contributed by atoms with Gasteiger partial charge >= 0.3 is 0 Å². The molecule has 0 radical (unpaired) electrons. The van der Waals surface area contributed by atoms with Crippen LogP contribution in [0.1, 0.15) is 11.3 Å². The third kappa shape index (κ3) is 6.07. The number of nitrogens with one attached hydrogen (secondary N) is 1. The van der Waals surface area contributed by atoms with Crippen LogP contribution in [0.4, 0.5) is 0 Å². The molecule has 0 bridgehead atoms. The van der Waals surface area contributed by atoms with E-state index in [4.69, 9.17) is 9.47 Å². The molecule has 0 saturated heterocycles. The summed E-state index contributed by atoms with van der Waals surface area (Å²) >= 11 is 0. The van der Waals surface area contributed by atoms with E-state index in [1.165, 1.54) is 0 Å². The molecule has 102 valence electrons. The highest BCUT2D eigenvalue weighted by Crippen LogP contribution is 2.01. The van der Waals surface area contributed by atoms with Crippen molar-refractivity contribution in [3.8, 4) is 0 Å². The van der Waals surface area contributed by atoms with Gasteiger partial charge in [0.15, 0.2) is 0 Å². The molecule has 0 fully saturated rings. The van der Waals surface area contributed by atoms with Crippen LogP contribution >= 0.6 is 0 Å². The summed E-state index contributed by atoms with van der Waals surface area (Å²) in [6.45, 7) is 4.54. The van der Waals surface area contributed by atoms with Crippen LogP contribution in [-0.2, 0) is 16.0 Å². The average molecular weight is 254 g/mol. The van der Waals surface area contributed by atoms with Crippen LogP contribution in [0.2, 0.25) is 0 Å². The van der Waals surface area contributed by atoms with Crippen LogP contribution in [0.5, 0.6) is 0 Å². The van der Waals surface area contributed by atoms with Gasteiger partial charge in [-0.1, -0.05) is 6.07 Å². The Kier molecular flexibility index (Phi) is 7.52. The minimum absolute atomic E-state index is 0.317. The fraction of sp³-hybridized carbons (Fsp3) is 0.615. The molecule has 0 aliphatic heterocycles. The Balaban J connectivity index is 2.12. The maximum Gasteiger partial charge on any atom is 0.0897 e. The zero-order chi connectivity index (χ0) is 13.2. The predicted octanol–water partition coefficient (Wildman–Crippen LogP) is 0.504. The van der Waals surface area contributed by atoms with Crippen LogP contribution in [-0.4, -0.2) is 49.7 Å². The molecule has 1 aromatic heterocycles. The van der Waals surface area contributed by atoms with Crippen molar-refractivity contribution in [2.75, 3.05) is 33.5 Å². The standard InChI is InChI=1S/C13H22N2O3/c1-11-4-3-5-15-13(11)9-14-8-12(16)10-18-7-6-17-2/h3-5,12,14,16H,6-10H2,1-2H3. The first-order valence-electron chi connectivity index (χ1n) is 6.10. The van der Waals surface area contributed by atoms with E-state index in [1.54, 1.807) is 13.3 Å². The Morgan fingerprint density at radius 1 is 1.44 bits per heavy atom. The van der Waals surface area contributed by atoms with Crippen LogP contribution in [0.25, 0.3) is 0 Å². The summed E-state index contributed by atoms with van der Waals surface area (Å²) in [5, 5.41) is 12.8. The number of rotatable bonds is 9. The van der Waals surface area contributed by atoms with Crippen LogP contribution in [0.15, 0.2) is 18.3 Å². The number of nitrogens with zero attached hydrogens (tertiary/aromatic N) is 1. The maximum atomic E-state index is 9.65. The summed E-state index contributed by atoms with van der Waals surface area (Å²) < 4.78 is 10.1. The summed E-state index contributed by atoms with van der Waals surface area (Å²) in [7, 11) is 1.62. The zero-order valence-electron chi connectivity index (χ0n) is 11.1. The number of aliphatic hydroxyl groups excluding tert-OH is 1. The van der Waals surface area contributed by atoms with Crippen molar-refractivity contribution in [1.29, 1.82) is 0 Å². The van der Waals surface area contributed by atoms with Gasteiger partial charge < -0.3 is 19.9 Å². The highest BCUT2D eigenvalue weighted by atomic mass is 16.5. The SMILES string of the molecule is COCCOCC(O)CNCc1ncccc1C. The van der Waals surface area contributed by atoms with Crippen molar-refractivity contribution in [2.45, 2.75) is 19.6 Å². The van der Waals surface area contributed by atoms with E-state index in [9.17, 15) is 5.11 Å². The minimum atomic E-state index is -0.508. The van der Waals surface area contributed by atoms with Crippen molar-refractivity contribution < 1.29 is 14.6 Å².